The Morgan fingerprint density at radius 1 is 1.53 bits per heavy atom. The average Bonchev–Trinajstić information content (AvgIpc) is 2.39. The predicted octanol–water partition coefficient (Wildman–Crippen LogP) is 0.0325. The summed E-state index contributed by atoms with van der Waals surface area (Å²) in [4.78, 5) is 23.9. The highest BCUT2D eigenvalue weighted by molar-refractivity contribution is 5.74. The summed E-state index contributed by atoms with van der Waals surface area (Å²) in [6, 6.07) is -0.234. The van der Waals surface area contributed by atoms with Crippen molar-refractivity contribution in [2.75, 3.05) is 26.2 Å². The van der Waals surface area contributed by atoms with Crippen LogP contribution in [0.25, 0.3) is 0 Å². The molecule has 0 aromatic rings. The van der Waals surface area contributed by atoms with Gasteiger partial charge in [-0.3, -0.25) is 0 Å². The quantitative estimate of drug-likeness (QED) is 0.635. The first-order valence-electron chi connectivity index (χ1n) is 6.59. The Morgan fingerprint density at radius 2 is 2.26 bits per heavy atom. The lowest BCUT2D eigenvalue weighted by atomic mass is 10.1. The maximum Gasteiger partial charge on any atom is 0.332 e. The van der Waals surface area contributed by atoms with Crippen LogP contribution in [0, 0.1) is 0 Å². The van der Waals surface area contributed by atoms with E-state index in [0.717, 1.165) is 12.8 Å². The Labute approximate surface area is 112 Å². The molecule has 1 aliphatic rings. The number of carbonyl (C=O) groups is 2. The lowest BCUT2D eigenvalue weighted by Gasteiger charge is -2.32. The fourth-order valence-corrected chi connectivity index (χ4v) is 2.05. The fourth-order valence-electron chi connectivity index (χ4n) is 2.05. The Hall–Kier alpha value is -1.34. The number of likely N-dealkylation sites (tertiary alicyclic amines) is 1. The molecule has 0 aromatic heterocycles. The van der Waals surface area contributed by atoms with Gasteiger partial charge in [-0.1, -0.05) is 0 Å². The van der Waals surface area contributed by atoms with Crippen LogP contribution in [-0.2, 0) is 9.53 Å². The molecule has 0 radical (unpaired) electrons. The Kier molecular flexibility index (Phi) is 6.58. The molecule has 1 fully saturated rings. The van der Waals surface area contributed by atoms with Crippen LogP contribution in [0.4, 0.5) is 4.79 Å². The Morgan fingerprint density at radius 3 is 2.89 bits per heavy atom. The number of urea groups is 1. The van der Waals surface area contributed by atoms with E-state index in [9.17, 15) is 9.59 Å². The van der Waals surface area contributed by atoms with Crippen LogP contribution in [0.2, 0.25) is 0 Å². The first-order chi connectivity index (χ1) is 9.04. The van der Waals surface area contributed by atoms with Crippen molar-refractivity contribution >= 4 is 12.0 Å². The summed E-state index contributed by atoms with van der Waals surface area (Å²) in [7, 11) is 0. The largest absolute Gasteiger partial charge is 0.479 e. The molecule has 1 unspecified atom stereocenters. The monoisotopic (exact) mass is 274 g/mol. The number of amides is 2. The van der Waals surface area contributed by atoms with E-state index in [-0.39, 0.29) is 25.1 Å². The molecule has 0 bridgehead atoms. The number of nitrogens with zero attached hydrogens (tertiary/aromatic N) is 1. The second-order valence-electron chi connectivity index (χ2n) is 4.54. The number of ether oxygens (including phenoxy) is 1. The highest BCUT2D eigenvalue weighted by Crippen LogP contribution is 2.13. The van der Waals surface area contributed by atoms with Crippen molar-refractivity contribution in [3.8, 4) is 0 Å². The number of aliphatic hydroxyl groups is 1. The molecule has 1 saturated heterocycles. The van der Waals surface area contributed by atoms with Gasteiger partial charge in [-0.15, -0.1) is 0 Å². The maximum absolute atomic E-state index is 11.8. The molecule has 7 nitrogen and oxygen atoms in total. The zero-order valence-electron chi connectivity index (χ0n) is 11.2. The van der Waals surface area contributed by atoms with E-state index in [4.69, 9.17) is 14.9 Å². The van der Waals surface area contributed by atoms with Crippen molar-refractivity contribution in [2.45, 2.75) is 38.4 Å². The van der Waals surface area contributed by atoms with Crippen LogP contribution < -0.4 is 5.32 Å². The third kappa shape index (κ3) is 5.44. The van der Waals surface area contributed by atoms with Crippen molar-refractivity contribution in [2.24, 2.45) is 0 Å². The molecule has 3 N–H and O–H groups in total. The molecule has 0 aliphatic carbocycles. The van der Waals surface area contributed by atoms with Gasteiger partial charge in [0.2, 0.25) is 0 Å². The predicted molar refractivity (Wildman–Crippen MR) is 67.9 cm³/mol. The number of rotatable bonds is 6. The van der Waals surface area contributed by atoms with Crippen LogP contribution in [-0.4, -0.2) is 65.6 Å². The second kappa shape index (κ2) is 7.96. The number of aliphatic carboxylic acids is 1. The second-order valence-corrected chi connectivity index (χ2v) is 4.54. The number of hydrogen-bond donors (Lipinski definition) is 3. The molecule has 1 rings (SSSR count). The van der Waals surface area contributed by atoms with Crippen molar-refractivity contribution in [3.05, 3.63) is 0 Å². The molecule has 2 atom stereocenters. The molecule has 0 saturated carbocycles. The van der Waals surface area contributed by atoms with Crippen molar-refractivity contribution in [1.82, 2.24) is 10.2 Å². The molecule has 0 aromatic carbocycles. The van der Waals surface area contributed by atoms with Crippen LogP contribution in [0.15, 0.2) is 0 Å². The molecule has 1 heterocycles. The highest BCUT2D eigenvalue weighted by atomic mass is 16.5. The summed E-state index contributed by atoms with van der Waals surface area (Å²) in [6.07, 6.45) is 0.501. The summed E-state index contributed by atoms with van der Waals surface area (Å²) in [6.45, 7) is 3.93. The summed E-state index contributed by atoms with van der Waals surface area (Å²) < 4.78 is 5.50. The van der Waals surface area contributed by atoms with E-state index in [0.29, 0.717) is 19.7 Å². The number of carboxylic acids is 1. The molecular weight excluding hydrogens is 252 g/mol. The highest BCUT2D eigenvalue weighted by Gasteiger charge is 2.23. The molecular formula is C12H22N2O5. The van der Waals surface area contributed by atoms with Gasteiger partial charge in [-0.25, -0.2) is 9.59 Å². The van der Waals surface area contributed by atoms with Gasteiger partial charge in [0.25, 0.3) is 0 Å². The van der Waals surface area contributed by atoms with Crippen LogP contribution in [0.3, 0.4) is 0 Å². The summed E-state index contributed by atoms with van der Waals surface area (Å²) in [5.41, 5.74) is 0. The zero-order valence-corrected chi connectivity index (χ0v) is 11.2. The van der Waals surface area contributed by atoms with Gasteiger partial charge >= 0.3 is 12.0 Å². The van der Waals surface area contributed by atoms with Crippen molar-refractivity contribution in [3.63, 3.8) is 0 Å². The smallest absolute Gasteiger partial charge is 0.332 e. The van der Waals surface area contributed by atoms with Crippen LogP contribution in [0.5, 0.6) is 0 Å². The van der Waals surface area contributed by atoms with Crippen LogP contribution in [0.1, 0.15) is 26.2 Å². The van der Waals surface area contributed by atoms with Crippen molar-refractivity contribution in [1.29, 1.82) is 0 Å². The van der Waals surface area contributed by atoms with Gasteiger partial charge in [-0.05, 0) is 19.8 Å². The minimum absolute atomic E-state index is 0.00377. The van der Waals surface area contributed by atoms with E-state index < -0.39 is 12.1 Å². The lowest BCUT2D eigenvalue weighted by molar-refractivity contribution is -0.146. The molecule has 110 valence electrons. The van der Waals surface area contributed by atoms with E-state index in [1.807, 2.05) is 6.92 Å². The van der Waals surface area contributed by atoms with E-state index in [2.05, 4.69) is 5.32 Å². The lowest BCUT2D eigenvalue weighted by Crippen LogP contribution is -2.48. The van der Waals surface area contributed by atoms with Gasteiger partial charge in [0, 0.05) is 32.7 Å². The third-order valence-corrected chi connectivity index (χ3v) is 3.05. The topological polar surface area (TPSA) is 99.1 Å². The fraction of sp³-hybridized carbons (Fsp3) is 0.833. The first kappa shape index (κ1) is 15.7. The number of hydrogen-bond acceptors (Lipinski definition) is 4. The summed E-state index contributed by atoms with van der Waals surface area (Å²) in [5, 5.41) is 20.2. The maximum atomic E-state index is 11.8. The van der Waals surface area contributed by atoms with Crippen molar-refractivity contribution < 1.29 is 24.5 Å². The minimum Gasteiger partial charge on any atom is -0.479 e. The number of piperidine rings is 1. The molecule has 0 spiro atoms. The summed E-state index contributed by atoms with van der Waals surface area (Å²) >= 11 is 0. The van der Waals surface area contributed by atoms with Gasteiger partial charge in [0.05, 0.1) is 6.10 Å². The molecule has 2 amide bonds. The van der Waals surface area contributed by atoms with Gasteiger partial charge < -0.3 is 25.2 Å². The van der Waals surface area contributed by atoms with Gasteiger partial charge in [0.15, 0.2) is 6.10 Å². The van der Waals surface area contributed by atoms with E-state index in [1.165, 1.54) is 0 Å². The Balaban J connectivity index is 2.27. The summed E-state index contributed by atoms with van der Waals surface area (Å²) in [5.74, 6) is -1.27. The van der Waals surface area contributed by atoms with E-state index in [1.54, 1.807) is 4.90 Å². The Bertz CT molecular complexity index is 308. The average molecular weight is 274 g/mol. The first-order valence-corrected chi connectivity index (χ1v) is 6.59. The van der Waals surface area contributed by atoms with Crippen LogP contribution >= 0.6 is 0 Å². The normalized spacial score (nSPS) is 20.9. The molecule has 1 aliphatic heterocycles. The van der Waals surface area contributed by atoms with Gasteiger partial charge in [-0.2, -0.15) is 0 Å². The standard InChI is InChI=1S/C12H22N2O5/c1-2-19-9-4-3-7-14(8-9)12(18)13-6-5-10(15)11(16)17/h9-10,15H,2-8H2,1H3,(H,13,18)(H,16,17)/t9?,10-/m0/s1. The zero-order chi connectivity index (χ0) is 14.3. The van der Waals surface area contributed by atoms with Gasteiger partial charge in [0.1, 0.15) is 0 Å². The molecule has 19 heavy (non-hydrogen) atoms. The number of carbonyl (C=O) groups excluding carboxylic acids is 1. The number of aliphatic hydroxyl groups excluding tert-OH is 1. The molecule has 7 heteroatoms. The number of carboxylic acid groups (broad SMARTS) is 1. The minimum atomic E-state index is -1.43. The third-order valence-electron chi connectivity index (χ3n) is 3.05. The SMILES string of the molecule is CCOC1CCCN(C(=O)NCC[C@H](O)C(=O)O)C1. The van der Waals surface area contributed by atoms with E-state index >= 15 is 0 Å². The number of nitrogens with one attached hydrogen (secondary N) is 1.